The molecule has 2 aromatic rings. The molecule has 4 rings (SSSR count). The molecule has 9 nitrogen and oxygen atoms in total. The SMILES string of the molecule is CC(=O)NC[C@H]1CN(c2ccc(N3CCC(Cn4ccnn4)CC3)c(F)c2)C(=O)O1. The monoisotopic (exact) mass is 416 g/mol. The van der Waals surface area contributed by atoms with E-state index in [1.807, 2.05) is 15.8 Å². The van der Waals surface area contributed by atoms with E-state index in [0.29, 0.717) is 17.3 Å². The summed E-state index contributed by atoms with van der Waals surface area (Å²) in [5, 5.41) is 10.5. The fourth-order valence-corrected chi connectivity index (χ4v) is 3.97. The van der Waals surface area contributed by atoms with Gasteiger partial charge in [-0.3, -0.25) is 14.4 Å². The third-order valence-electron chi connectivity index (χ3n) is 5.57. The molecule has 2 fully saturated rings. The Morgan fingerprint density at radius 2 is 2.13 bits per heavy atom. The highest BCUT2D eigenvalue weighted by Gasteiger charge is 2.33. The molecule has 0 unspecified atom stereocenters. The van der Waals surface area contributed by atoms with Gasteiger partial charge >= 0.3 is 6.09 Å². The van der Waals surface area contributed by atoms with Crippen molar-refractivity contribution in [3.8, 4) is 0 Å². The van der Waals surface area contributed by atoms with Crippen molar-refractivity contribution in [1.29, 1.82) is 0 Å². The predicted octanol–water partition coefficient (Wildman–Crippen LogP) is 1.80. The fourth-order valence-electron chi connectivity index (χ4n) is 3.97. The van der Waals surface area contributed by atoms with Gasteiger partial charge in [0.2, 0.25) is 5.91 Å². The van der Waals surface area contributed by atoms with Crippen LogP contribution < -0.4 is 15.1 Å². The van der Waals surface area contributed by atoms with Crippen molar-refractivity contribution in [2.75, 3.05) is 36.0 Å². The first-order valence-corrected chi connectivity index (χ1v) is 10.1. The Morgan fingerprint density at radius 3 is 2.80 bits per heavy atom. The number of rotatable bonds is 6. The molecule has 10 heteroatoms. The Kier molecular flexibility index (Phi) is 5.82. The number of aromatic nitrogens is 3. The minimum Gasteiger partial charge on any atom is -0.442 e. The number of halogens is 1. The minimum atomic E-state index is -0.536. The molecule has 2 saturated heterocycles. The largest absolute Gasteiger partial charge is 0.442 e. The van der Waals surface area contributed by atoms with Crippen molar-refractivity contribution in [3.63, 3.8) is 0 Å². The van der Waals surface area contributed by atoms with E-state index in [2.05, 4.69) is 15.6 Å². The number of piperidine rings is 1. The molecule has 3 heterocycles. The van der Waals surface area contributed by atoms with Crippen LogP contribution in [-0.2, 0) is 16.1 Å². The molecule has 0 spiro atoms. The minimum absolute atomic E-state index is 0.190. The Labute approximate surface area is 173 Å². The van der Waals surface area contributed by atoms with Gasteiger partial charge in [0, 0.05) is 32.8 Å². The van der Waals surface area contributed by atoms with Crippen molar-refractivity contribution in [1.82, 2.24) is 20.3 Å². The lowest BCUT2D eigenvalue weighted by Gasteiger charge is -2.34. The van der Waals surface area contributed by atoms with Gasteiger partial charge in [-0.1, -0.05) is 5.21 Å². The normalized spacial score (nSPS) is 19.8. The summed E-state index contributed by atoms with van der Waals surface area (Å²) in [6.45, 7) is 4.26. The molecule has 2 amide bonds. The Bertz CT molecular complexity index is 898. The van der Waals surface area contributed by atoms with Crippen molar-refractivity contribution in [2.45, 2.75) is 32.4 Å². The van der Waals surface area contributed by atoms with E-state index in [4.69, 9.17) is 4.74 Å². The summed E-state index contributed by atoms with van der Waals surface area (Å²) >= 11 is 0. The molecule has 2 aliphatic rings. The van der Waals surface area contributed by atoms with Crippen molar-refractivity contribution in [3.05, 3.63) is 36.4 Å². The quantitative estimate of drug-likeness (QED) is 0.772. The number of nitrogens with one attached hydrogen (secondary N) is 1. The van der Waals surface area contributed by atoms with Crippen LogP contribution in [-0.4, -0.2) is 59.3 Å². The smallest absolute Gasteiger partial charge is 0.414 e. The zero-order valence-corrected chi connectivity index (χ0v) is 16.8. The van der Waals surface area contributed by atoms with Gasteiger partial charge in [-0.05, 0) is 37.0 Å². The maximum Gasteiger partial charge on any atom is 0.414 e. The van der Waals surface area contributed by atoms with E-state index in [1.54, 1.807) is 18.3 Å². The third-order valence-corrected chi connectivity index (χ3v) is 5.57. The van der Waals surface area contributed by atoms with Crippen LogP contribution in [0, 0.1) is 11.7 Å². The van der Waals surface area contributed by atoms with E-state index in [0.717, 1.165) is 32.5 Å². The van der Waals surface area contributed by atoms with Gasteiger partial charge in [0.15, 0.2) is 0 Å². The summed E-state index contributed by atoms with van der Waals surface area (Å²) in [7, 11) is 0. The van der Waals surface area contributed by atoms with Crippen LogP contribution in [0.2, 0.25) is 0 Å². The summed E-state index contributed by atoms with van der Waals surface area (Å²) in [6.07, 6.45) is 4.44. The van der Waals surface area contributed by atoms with Crippen LogP contribution >= 0.6 is 0 Å². The first-order chi connectivity index (χ1) is 14.5. The highest BCUT2D eigenvalue weighted by atomic mass is 19.1. The molecule has 1 aromatic carbocycles. The van der Waals surface area contributed by atoms with E-state index in [1.165, 1.54) is 17.9 Å². The maximum absolute atomic E-state index is 14.9. The second-order valence-electron chi connectivity index (χ2n) is 7.74. The molecule has 2 aliphatic heterocycles. The second-order valence-corrected chi connectivity index (χ2v) is 7.74. The van der Waals surface area contributed by atoms with Crippen molar-refractivity contribution in [2.24, 2.45) is 5.92 Å². The van der Waals surface area contributed by atoms with Gasteiger partial charge in [0.1, 0.15) is 11.9 Å². The molecule has 30 heavy (non-hydrogen) atoms. The van der Waals surface area contributed by atoms with Crippen molar-refractivity contribution >= 4 is 23.4 Å². The summed E-state index contributed by atoms with van der Waals surface area (Å²) in [6, 6.07) is 4.83. The zero-order chi connectivity index (χ0) is 21.1. The lowest BCUT2D eigenvalue weighted by Crippen LogP contribution is -2.35. The van der Waals surface area contributed by atoms with Crippen LogP contribution in [0.3, 0.4) is 0 Å². The number of benzene rings is 1. The molecule has 160 valence electrons. The van der Waals surface area contributed by atoms with E-state index >= 15 is 0 Å². The second kappa shape index (κ2) is 8.68. The molecular weight excluding hydrogens is 391 g/mol. The molecule has 0 aliphatic carbocycles. The fraction of sp³-hybridized carbons (Fsp3) is 0.500. The van der Waals surface area contributed by atoms with Gasteiger partial charge in [-0.25, -0.2) is 9.18 Å². The molecule has 0 bridgehead atoms. The summed E-state index contributed by atoms with van der Waals surface area (Å²) in [5.41, 5.74) is 0.993. The number of cyclic esters (lactones) is 1. The number of carbonyl (C=O) groups is 2. The van der Waals surface area contributed by atoms with Crippen LogP contribution in [0.4, 0.5) is 20.6 Å². The number of anilines is 2. The predicted molar refractivity (Wildman–Crippen MR) is 108 cm³/mol. The molecule has 1 aromatic heterocycles. The molecule has 0 radical (unpaired) electrons. The van der Waals surface area contributed by atoms with Gasteiger partial charge in [0.05, 0.1) is 30.7 Å². The first kappa shape index (κ1) is 20.1. The Morgan fingerprint density at radius 1 is 1.33 bits per heavy atom. The lowest BCUT2D eigenvalue weighted by molar-refractivity contribution is -0.119. The third kappa shape index (κ3) is 4.52. The maximum atomic E-state index is 14.9. The standard InChI is InChI=1S/C20H25FN6O3/c1-14(28)22-11-17-13-27(20(29)30-17)16-2-3-19(18(21)10-16)25-7-4-15(5-8-25)12-26-9-6-23-24-26/h2-3,6,9-10,15,17H,4-5,7-8,11-13H2,1H3,(H,22,28)/t17-/m0/s1. The topological polar surface area (TPSA) is 92.6 Å². The number of ether oxygens (including phenoxy) is 1. The van der Waals surface area contributed by atoms with Crippen LogP contribution in [0.1, 0.15) is 19.8 Å². The van der Waals surface area contributed by atoms with Crippen LogP contribution in [0.15, 0.2) is 30.6 Å². The molecule has 1 N–H and O–H groups in total. The van der Waals surface area contributed by atoms with Gasteiger partial charge in [0.25, 0.3) is 0 Å². The van der Waals surface area contributed by atoms with E-state index in [-0.39, 0.29) is 24.8 Å². The van der Waals surface area contributed by atoms with Crippen LogP contribution in [0.25, 0.3) is 0 Å². The average molecular weight is 416 g/mol. The van der Waals surface area contributed by atoms with Crippen molar-refractivity contribution < 1.29 is 18.7 Å². The summed E-state index contributed by atoms with van der Waals surface area (Å²) in [4.78, 5) is 26.6. The zero-order valence-electron chi connectivity index (χ0n) is 16.8. The summed E-state index contributed by atoms with van der Waals surface area (Å²) < 4.78 is 22.0. The Hall–Kier alpha value is -3.17. The average Bonchev–Trinajstić information content (AvgIpc) is 3.36. The lowest BCUT2D eigenvalue weighted by atomic mass is 9.96. The molecule has 1 atom stereocenters. The van der Waals surface area contributed by atoms with Crippen LogP contribution in [0.5, 0.6) is 0 Å². The Balaban J connectivity index is 1.35. The van der Waals surface area contributed by atoms with Gasteiger partial charge < -0.3 is 15.0 Å². The number of amides is 2. The highest BCUT2D eigenvalue weighted by molar-refractivity contribution is 5.90. The van der Waals surface area contributed by atoms with Gasteiger partial charge in [-0.2, -0.15) is 0 Å². The number of hydrogen-bond acceptors (Lipinski definition) is 6. The molecule has 0 saturated carbocycles. The number of hydrogen-bond donors (Lipinski definition) is 1. The van der Waals surface area contributed by atoms with E-state index in [9.17, 15) is 14.0 Å². The van der Waals surface area contributed by atoms with E-state index < -0.39 is 12.2 Å². The van der Waals surface area contributed by atoms with Gasteiger partial charge in [-0.15, -0.1) is 5.10 Å². The number of carbonyl (C=O) groups excluding carboxylic acids is 2. The number of nitrogens with zero attached hydrogens (tertiary/aromatic N) is 5. The first-order valence-electron chi connectivity index (χ1n) is 10.1. The summed E-state index contributed by atoms with van der Waals surface area (Å²) in [5.74, 6) is -0.0597. The molecular formula is C20H25FN6O3. The highest BCUT2D eigenvalue weighted by Crippen LogP contribution is 2.30.